The van der Waals surface area contributed by atoms with E-state index in [1.165, 1.54) is 22.3 Å². The Labute approximate surface area is 261 Å². The zero-order valence-corrected chi connectivity index (χ0v) is 24.5. The van der Waals surface area contributed by atoms with Gasteiger partial charge in [-0.15, -0.1) is 0 Å². The zero-order chi connectivity index (χ0) is 29.7. The number of para-hydroxylation sites is 1. The van der Waals surface area contributed by atoms with Crippen molar-refractivity contribution in [2.45, 2.75) is 12.0 Å². The standard InChI is InChI=1S/C42H29NO2/c1-2-11-27(12-3-1)28-23-25-29(26-24-28)30-15-8-21-38-41(30)42-35(18-10-22-39(42)45-38)43-34-17-6-4-13-31(34)32-16-9-20-37-40(32)33-14-5-7-19-36(33)44-37/h1-26,33,36,43H. The third kappa shape index (κ3) is 4.28. The van der Waals surface area contributed by atoms with E-state index in [2.05, 4.69) is 163 Å². The van der Waals surface area contributed by atoms with Crippen LogP contribution in [0.5, 0.6) is 5.75 Å². The van der Waals surface area contributed by atoms with Crippen molar-refractivity contribution in [3.8, 4) is 39.1 Å². The van der Waals surface area contributed by atoms with E-state index >= 15 is 0 Å². The van der Waals surface area contributed by atoms with E-state index in [1.54, 1.807) is 0 Å². The molecule has 1 N–H and O–H groups in total. The summed E-state index contributed by atoms with van der Waals surface area (Å²) in [6, 6.07) is 46.8. The van der Waals surface area contributed by atoms with Crippen molar-refractivity contribution in [3.05, 3.63) is 163 Å². The van der Waals surface area contributed by atoms with Crippen LogP contribution < -0.4 is 10.1 Å². The van der Waals surface area contributed by atoms with Crippen LogP contribution in [0.2, 0.25) is 0 Å². The molecule has 2 atom stereocenters. The molecule has 3 heteroatoms. The normalized spacial score (nSPS) is 16.4. The van der Waals surface area contributed by atoms with Crippen LogP contribution in [0, 0.1) is 0 Å². The first-order chi connectivity index (χ1) is 22.3. The molecule has 1 aliphatic heterocycles. The lowest BCUT2D eigenvalue weighted by atomic mass is 9.86. The van der Waals surface area contributed by atoms with Gasteiger partial charge >= 0.3 is 0 Å². The summed E-state index contributed by atoms with van der Waals surface area (Å²) < 4.78 is 12.8. The highest BCUT2D eigenvalue weighted by atomic mass is 16.5. The highest BCUT2D eigenvalue weighted by Gasteiger charge is 2.34. The average molecular weight is 580 g/mol. The molecule has 0 bridgehead atoms. The number of fused-ring (bicyclic) bond motifs is 6. The minimum absolute atomic E-state index is 0.0393. The van der Waals surface area contributed by atoms with E-state index in [1.807, 2.05) is 0 Å². The molecule has 2 unspecified atom stereocenters. The Morgan fingerprint density at radius 1 is 0.467 bits per heavy atom. The number of rotatable bonds is 5. The molecule has 2 aliphatic rings. The van der Waals surface area contributed by atoms with Gasteiger partial charge in [-0.2, -0.15) is 0 Å². The molecule has 0 amide bonds. The molecule has 0 fully saturated rings. The van der Waals surface area contributed by atoms with Gasteiger partial charge in [0.1, 0.15) is 23.0 Å². The van der Waals surface area contributed by atoms with Gasteiger partial charge in [0.05, 0.1) is 11.1 Å². The van der Waals surface area contributed by atoms with Crippen molar-refractivity contribution >= 4 is 33.3 Å². The van der Waals surface area contributed by atoms with E-state index in [0.29, 0.717) is 0 Å². The lowest BCUT2D eigenvalue weighted by Gasteiger charge is -2.18. The molecule has 1 aromatic heterocycles. The molecule has 9 rings (SSSR count). The maximum absolute atomic E-state index is 6.45. The molecule has 1 aliphatic carbocycles. The molecule has 0 radical (unpaired) electrons. The molecule has 6 aromatic carbocycles. The van der Waals surface area contributed by atoms with Crippen LogP contribution in [-0.4, -0.2) is 6.10 Å². The zero-order valence-electron chi connectivity index (χ0n) is 24.5. The summed E-state index contributed by atoms with van der Waals surface area (Å²) in [4.78, 5) is 0. The molecule has 214 valence electrons. The molecule has 2 heterocycles. The van der Waals surface area contributed by atoms with Crippen molar-refractivity contribution in [1.82, 2.24) is 0 Å². The van der Waals surface area contributed by atoms with Crippen LogP contribution in [-0.2, 0) is 0 Å². The number of ether oxygens (including phenoxy) is 1. The smallest absolute Gasteiger partial charge is 0.137 e. The van der Waals surface area contributed by atoms with Crippen molar-refractivity contribution in [2.75, 3.05) is 5.32 Å². The lowest BCUT2D eigenvalue weighted by Crippen LogP contribution is -2.15. The van der Waals surface area contributed by atoms with Crippen LogP contribution >= 0.6 is 0 Å². The molecule has 7 aromatic rings. The summed E-state index contributed by atoms with van der Waals surface area (Å²) >= 11 is 0. The van der Waals surface area contributed by atoms with Crippen LogP contribution in [0.4, 0.5) is 11.4 Å². The first-order valence-corrected chi connectivity index (χ1v) is 15.4. The van der Waals surface area contributed by atoms with E-state index in [0.717, 1.165) is 55.8 Å². The van der Waals surface area contributed by atoms with Gasteiger partial charge < -0.3 is 14.5 Å². The third-order valence-corrected chi connectivity index (χ3v) is 9.06. The number of hydrogen-bond acceptors (Lipinski definition) is 3. The van der Waals surface area contributed by atoms with E-state index in [9.17, 15) is 0 Å². The molecule has 0 saturated carbocycles. The second-order valence-corrected chi connectivity index (χ2v) is 11.7. The van der Waals surface area contributed by atoms with Crippen molar-refractivity contribution in [1.29, 1.82) is 0 Å². The summed E-state index contributed by atoms with van der Waals surface area (Å²) in [5.74, 6) is 1.16. The van der Waals surface area contributed by atoms with Gasteiger partial charge in [-0.25, -0.2) is 0 Å². The molecule has 45 heavy (non-hydrogen) atoms. The maximum Gasteiger partial charge on any atom is 0.137 e. The summed E-state index contributed by atoms with van der Waals surface area (Å²) in [5.41, 5.74) is 12.1. The predicted molar refractivity (Wildman–Crippen MR) is 185 cm³/mol. The first-order valence-electron chi connectivity index (χ1n) is 15.4. The number of benzene rings is 6. The summed E-state index contributed by atoms with van der Waals surface area (Å²) in [6.45, 7) is 0. The Kier molecular flexibility index (Phi) is 5.95. The van der Waals surface area contributed by atoms with Crippen LogP contribution in [0.1, 0.15) is 11.5 Å². The summed E-state index contributed by atoms with van der Waals surface area (Å²) in [7, 11) is 0. The number of nitrogens with one attached hydrogen (secondary N) is 1. The Morgan fingerprint density at radius 3 is 2.00 bits per heavy atom. The average Bonchev–Trinajstić information content (AvgIpc) is 3.68. The number of furan rings is 1. The quantitative estimate of drug-likeness (QED) is 0.220. The Balaban J connectivity index is 1.16. The second-order valence-electron chi connectivity index (χ2n) is 11.7. The van der Waals surface area contributed by atoms with Crippen molar-refractivity contribution < 1.29 is 9.15 Å². The molecule has 0 spiro atoms. The Bertz CT molecular complexity index is 2270. The molecule has 0 saturated heterocycles. The fraction of sp³-hybridized carbons (Fsp3) is 0.0476. The molecule has 3 nitrogen and oxygen atoms in total. The fourth-order valence-electron chi connectivity index (χ4n) is 6.99. The second kappa shape index (κ2) is 10.4. The minimum atomic E-state index is 0.0393. The van der Waals surface area contributed by atoms with Gasteiger partial charge in [0.25, 0.3) is 0 Å². The maximum atomic E-state index is 6.45. The van der Waals surface area contributed by atoms with Crippen LogP contribution in [0.25, 0.3) is 55.3 Å². The number of anilines is 2. The minimum Gasteiger partial charge on any atom is -0.485 e. The molecular weight excluding hydrogens is 550 g/mol. The first kappa shape index (κ1) is 25.7. The summed E-state index contributed by atoms with van der Waals surface area (Å²) in [6.07, 6.45) is 8.64. The third-order valence-electron chi connectivity index (χ3n) is 9.06. The van der Waals surface area contributed by atoms with Gasteiger partial charge in [-0.1, -0.05) is 121 Å². The van der Waals surface area contributed by atoms with E-state index in [-0.39, 0.29) is 12.0 Å². The largest absolute Gasteiger partial charge is 0.485 e. The molecular formula is C42H29NO2. The van der Waals surface area contributed by atoms with Crippen LogP contribution in [0.3, 0.4) is 0 Å². The van der Waals surface area contributed by atoms with E-state index < -0.39 is 0 Å². The SMILES string of the molecule is C1=CC2Oc3cccc(-c4ccccc4Nc4cccc5oc6cccc(-c7ccc(-c8ccccc8)cc7)c6c45)c3C2C=C1. The van der Waals surface area contributed by atoms with Gasteiger partial charge in [0, 0.05) is 28.1 Å². The fourth-order valence-corrected chi connectivity index (χ4v) is 6.99. The lowest BCUT2D eigenvalue weighted by molar-refractivity contribution is 0.269. The van der Waals surface area contributed by atoms with Gasteiger partial charge in [0.15, 0.2) is 0 Å². The van der Waals surface area contributed by atoms with Crippen molar-refractivity contribution in [3.63, 3.8) is 0 Å². The van der Waals surface area contributed by atoms with Gasteiger partial charge in [0.2, 0.25) is 0 Å². The Hall–Kier alpha value is -5.80. The highest BCUT2D eigenvalue weighted by molar-refractivity contribution is 6.17. The Morgan fingerprint density at radius 2 is 1.11 bits per heavy atom. The monoisotopic (exact) mass is 579 g/mol. The summed E-state index contributed by atoms with van der Waals surface area (Å²) in [5, 5.41) is 6.02. The highest BCUT2D eigenvalue weighted by Crippen LogP contribution is 2.48. The topological polar surface area (TPSA) is 34.4 Å². The van der Waals surface area contributed by atoms with Gasteiger partial charge in [-0.05, 0) is 64.2 Å². The predicted octanol–water partition coefficient (Wildman–Crippen LogP) is 11.3. The van der Waals surface area contributed by atoms with Crippen LogP contribution in [0.15, 0.2) is 162 Å². The van der Waals surface area contributed by atoms with Crippen molar-refractivity contribution in [2.24, 2.45) is 0 Å². The van der Waals surface area contributed by atoms with Gasteiger partial charge in [-0.3, -0.25) is 0 Å². The number of allylic oxidation sites excluding steroid dienone is 2. The number of hydrogen-bond donors (Lipinski definition) is 1. The van der Waals surface area contributed by atoms with E-state index in [4.69, 9.17) is 9.15 Å².